The molecule has 1 atom stereocenters. The number of ketones is 1. The van der Waals surface area contributed by atoms with E-state index in [1.165, 1.54) is 25.7 Å². The van der Waals surface area contributed by atoms with Crippen molar-refractivity contribution in [2.24, 2.45) is 0 Å². The smallest absolute Gasteiger partial charge is 0.171 e. The lowest BCUT2D eigenvalue weighted by molar-refractivity contribution is 0.0934. The first-order valence-corrected chi connectivity index (χ1v) is 9.82. The van der Waals surface area contributed by atoms with Gasteiger partial charge in [0, 0.05) is 12.1 Å². The SMILES string of the molecule is CCOc1ccc(C(=O)C(CN2CCCCCC2)c2ccccc2)cc1.Cl. The third-order valence-electron chi connectivity index (χ3n) is 5.11. The minimum Gasteiger partial charge on any atom is -0.494 e. The van der Waals surface area contributed by atoms with E-state index in [0.29, 0.717) is 6.61 Å². The van der Waals surface area contributed by atoms with E-state index in [2.05, 4.69) is 17.0 Å². The summed E-state index contributed by atoms with van der Waals surface area (Å²) in [5, 5.41) is 0. The van der Waals surface area contributed by atoms with E-state index in [0.717, 1.165) is 36.5 Å². The molecule has 2 aromatic carbocycles. The maximum atomic E-state index is 13.3. The van der Waals surface area contributed by atoms with Gasteiger partial charge in [0.2, 0.25) is 0 Å². The quantitative estimate of drug-likeness (QED) is 0.600. The number of Topliss-reactive ketones (excluding diaryl/α,β-unsaturated/α-hetero) is 1. The summed E-state index contributed by atoms with van der Waals surface area (Å²) in [6.45, 7) is 5.59. The van der Waals surface area contributed by atoms with Crippen LogP contribution in [0.2, 0.25) is 0 Å². The molecule has 3 rings (SSSR count). The molecule has 1 aliphatic rings. The van der Waals surface area contributed by atoms with Crippen molar-refractivity contribution in [1.29, 1.82) is 0 Å². The molecule has 0 amide bonds. The van der Waals surface area contributed by atoms with E-state index in [1.54, 1.807) is 0 Å². The maximum absolute atomic E-state index is 13.3. The monoisotopic (exact) mass is 387 g/mol. The van der Waals surface area contributed by atoms with Crippen LogP contribution in [0.25, 0.3) is 0 Å². The molecule has 146 valence electrons. The number of rotatable bonds is 7. The highest BCUT2D eigenvalue weighted by molar-refractivity contribution is 6.01. The van der Waals surface area contributed by atoms with Gasteiger partial charge < -0.3 is 9.64 Å². The van der Waals surface area contributed by atoms with Crippen LogP contribution in [0.15, 0.2) is 54.6 Å². The second-order valence-electron chi connectivity index (χ2n) is 7.00. The van der Waals surface area contributed by atoms with Crippen molar-refractivity contribution in [2.45, 2.75) is 38.5 Å². The van der Waals surface area contributed by atoms with Crippen LogP contribution in [0.4, 0.5) is 0 Å². The Morgan fingerprint density at radius 3 is 2.19 bits per heavy atom. The molecule has 3 nitrogen and oxygen atoms in total. The molecule has 0 aliphatic carbocycles. The zero-order chi connectivity index (χ0) is 18.2. The summed E-state index contributed by atoms with van der Waals surface area (Å²) in [4.78, 5) is 15.8. The normalized spacial score (nSPS) is 16.0. The summed E-state index contributed by atoms with van der Waals surface area (Å²) in [6, 6.07) is 17.8. The zero-order valence-electron chi connectivity index (χ0n) is 16.1. The molecule has 1 heterocycles. The Kier molecular flexibility index (Phi) is 8.83. The van der Waals surface area contributed by atoms with Crippen molar-refractivity contribution in [1.82, 2.24) is 4.90 Å². The largest absolute Gasteiger partial charge is 0.494 e. The lowest BCUT2D eigenvalue weighted by Gasteiger charge is -2.26. The summed E-state index contributed by atoms with van der Waals surface area (Å²) in [7, 11) is 0. The van der Waals surface area contributed by atoms with E-state index in [1.807, 2.05) is 49.4 Å². The molecule has 1 saturated heterocycles. The molecule has 0 saturated carbocycles. The van der Waals surface area contributed by atoms with Gasteiger partial charge in [-0.1, -0.05) is 43.2 Å². The average Bonchev–Trinajstić information content (AvgIpc) is 2.96. The standard InChI is InChI=1S/C23H29NO2.ClH/c1-2-26-21-14-12-20(13-15-21)23(25)22(19-10-6-5-7-11-19)18-24-16-8-3-4-9-17-24;/h5-7,10-15,22H,2-4,8-9,16-18H2,1H3;1H. The van der Waals surface area contributed by atoms with Gasteiger partial charge in [-0.05, 0) is 62.7 Å². The third kappa shape index (κ3) is 6.08. The molecule has 2 aromatic rings. The molecular formula is C23H30ClNO2. The Morgan fingerprint density at radius 2 is 1.59 bits per heavy atom. The van der Waals surface area contributed by atoms with E-state index in [-0.39, 0.29) is 24.1 Å². The van der Waals surface area contributed by atoms with Crippen LogP contribution >= 0.6 is 12.4 Å². The molecular weight excluding hydrogens is 358 g/mol. The van der Waals surface area contributed by atoms with Crippen LogP contribution in [0.1, 0.15) is 54.4 Å². The molecule has 27 heavy (non-hydrogen) atoms. The number of hydrogen-bond acceptors (Lipinski definition) is 3. The van der Waals surface area contributed by atoms with Crippen LogP contribution in [0.5, 0.6) is 5.75 Å². The number of carbonyl (C=O) groups is 1. The van der Waals surface area contributed by atoms with Gasteiger partial charge in [-0.25, -0.2) is 0 Å². The minimum atomic E-state index is -0.118. The highest BCUT2D eigenvalue weighted by atomic mass is 35.5. The van der Waals surface area contributed by atoms with Crippen LogP contribution in [0, 0.1) is 0 Å². The van der Waals surface area contributed by atoms with Crippen LogP contribution < -0.4 is 4.74 Å². The van der Waals surface area contributed by atoms with E-state index >= 15 is 0 Å². The molecule has 4 heteroatoms. The molecule has 0 bridgehead atoms. The molecule has 1 aliphatic heterocycles. The summed E-state index contributed by atoms with van der Waals surface area (Å²) in [5.41, 5.74) is 1.87. The lowest BCUT2D eigenvalue weighted by atomic mass is 9.90. The molecule has 0 N–H and O–H groups in total. The predicted octanol–water partition coefficient (Wildman–Crippen LogP) is 5.35. The fraction of sp³-hybridized carbons (Fsp3) is 0.435. The molecule has 1 unspecified atom stereocenters. The van der Waals surface area contributed by atoms with Crippen molar-refractivity contribution in [3.63, 3.8) is 0 Å². The van der Waals surface area contributed by atoms with Crippen molar-refractivity contribution >= 4 is 18.2 Å². The Bertz CT molecular complexity index is 679. The number of benzene rings is 2. The number of carbonyl (C=O) groups excluding carboxylic acids is 1. The van der Waals surface area contributed by atoms with Gasteiger partial charge in [0.1, 0.15) is 5.75 Å². The second kappa shape index (κ2) is 11.1. The zero-order valence-corrected chi connectivity index (χ0v) is 16.9. The van der Waals surface area contributed by atoms with E-state index in [9.17, 15) is 4.79 Å². The fourth-order valence-corrected chi connectivity index (χ4v) is 3.69. The average molecular weight is 388 g/mol. The van der Waals surface area contributed by atoms with Gasteiger partial charge in [0.15, 0.2) is 5.78 Å². The Morgan fingerprint density at radius 1 is 0.963 bits per heavy atom. The molecule has 1 fully saturated rings. The fourth-order valence-electron chi connectivity index (χ4n) is 3.69. The van der Waals surface area contributed by atoms with Crippen molar-refractivity contribution in [3.8, 4) is 5.75 Å². The first-order valence-electron chi connectivity index (χ1n) is 9.82. The molecule has 0 spiro atoms. The Hall–Kier alpha value is -1.84. The summed E-state index contributed by atoms with van der Waals surface area (Å²) in [5.74, 6) is 0.892. The van der Waals surface area contributed by atoms with Gasteiger partial charge in [0.05, 0.1) is 12.5 Å². The minimum absolute atomic E-state index is 0. The number of ether oxygens (including phenoxy) is 1. The first-order chi connectivity index (χ1) is 12.8. The van der Waals surface area contributed by atoms with Crippen molar-refractivity contribution in [3.05, 3.63) is 65.7 Å². The lowest BCUT2D eigenvalue weighted by Crippen LogP contribution is -2.33. The summed E-state index contributed by atoms with van der Waals surface area (Å²) < 4.78 is 5.50. The molecule has 0 radical (unpaired) electrons. The maximum Gasteiger partial charge on any atom is 0.171 e. The first kappa shape index (κ1) is 21.5. The predicted molar refractivity (Wildman–Crippen MR) is 113 cm³/mol. The number of nitrogens with zero attached hydrogens (tertiary/aromatic N) is 1. The Labute approximate surface area is 169 Å². The van der Waals surface area contributed by atoms with Crippen LogP contribution in [0.3, 0.4) is 0 Å². The van der Waals surface area contributed by atoms with Gasteiger partial charge in [-0.2, -0.15) is 0 Å². The summed E-state index contributed by atoms with van der Waals surface area (Å²) >= 11 is 0. The highest BCUT2D eigenvalue weighted by Gasteiger charge is 2.25. The number of halogens is 1. The topological polar surface area (TPSA) is 29.5 Å². The highest BCUT2D eigenvalue weighted by Crippen LogP contribution is 2.25. The van der Waals surface area contributed by atoms with E-state index < -0.39 is 0 Å². The van der Waals surface area contributed by atoms with Crippen LogP contribution in [-0.4, -0.2) is 36.9 Å². The van der Waals surface area contributed by atoms with Gasteiger partial charge in [0.25, 0.3) is 0 Å². The van der Waals surface area contributed by atoms with E-state index in [4.69, 9.17) is 4.74 Å². The van der Waals surface area contributed by atoms with Crippen molar-refractivity contribution < 1.29 is 9.53 Å². The number of hydrogen-bond donors (Lipinski definition) is 0. The van der Waals surface area contributed by atoms with Crippen molar-refractivity contribution in [2.75, 3.05) is 26.2 Å². The van der Waals surface area contributed by atoms with Gasteiger partial charge in [-0.15, -0.1) is 12.4 Å². The van der Waals surface area contributed by atoms with Gasteiger partial charge >= 0.3 is 0 Å². The van der Waals surface area contributed by atoms with Gasteiger partial charge in [-0.3, -0.25) is 4.79 Å². The second-order valence-corrected chi connectivity index (χ2v) is 7.00. The Balaban J connectivity index is 0.00000261. The summed E-state index contributed by atoms with van der Waals surface area (Å²) in [6.07, 6.45) is 5.08. The molecule has 0 aromatic heterocycles. The number of likely N-dealkylation sites (tertiary alicyclic amines) is 1. The van der Waals surface area contributed by atoms with Crippen LogP contribution in [-0.2, 0) is 0 Å². The third-order valence-corrected chi connectivity index (χ3v) is 5.11.